The van der Waals surface area contributed by atoms with Gasteiger partial charge in [0.25, 0.3) is 0 Å². The van der Waals surface area contributed by atoms with E-state index in [0.717, 1.165) is 0 Å². The van der Waals surface area contributed by atoms with Crippen LogP contribution in [0.1, 0.15) is 40.5 Å². The maximum absolute atomic E-state index is 11.4. The van der Waals surface area contributed by atoms with Gasteiger partial charge < -0.3 is 9.47 Å². The molecule has 0 N–H and O–H groups in total. The number of carbonyl (C=O) groups is 2. The molecule has 18 heavy (non-hydrogen) atoms. The molecule has 0 aromatic carbocycles. The molecule has 0 heterocycles. The van der Waals surface area contributed by atoms with E-state index in [4.69, 9.17) is 9.47 Å². The SMILES string of the molecule is C=CC(COC(=O)CC(C)C)OC(=O)CC(C)C. The second-order valence-corrected chi connectivity index (χ2v) is 5.14. The molecule has 0 fully saturated rings. The summed E-state index contributed by atoms with van der Waals surface area (Å²) in [7, 11) is 0. The highest BCUT2D eigenvalue weighted by Gasteiger charge is 2.15. The molecule has 0 saturated heterocycles. The van der Waals surface area contributed by atoms with Gasteiger partial charge in [0.1, 0.15) is 6.61 Å². The summed E-state index contributed by atoms with van der Waals surface area (Å²) in [6, 6.07) is 0. The highest BCUT2D eigenvalue weighted by molar-refractivity contribution is 5.70. The van der Waals surface area contributed by atoms with E-state index in [1.807, 2.05) is 27.7 Å². The third kappa shape index (κ3) is 8.79. The Morgan fingerprint density at radius 2 is 1.56 bits per heavy atom. The van der Waals surface area contributed by atoms with E-state index in [2.05, 4.69) is 6.58 Å². The highest BCUT2D eigenvalue weighted by atomic mass is 16.6. The lowest BCUT2D eigenvalue weighted by molar-refractivity contribution is -0.157. The summed E-state index contributed by atoms with van der Waals surface area (Å²) in [5.74, 6) is -0.0822. The predicted molar refractivity (Wildman–Crippen MR) is 69.9 cm³/mol. The first-order valence-electron chi connectivity index (χ1n) is 6.32. The van der Waals surface area contributed by atoms with Crippen LogP contribution >= 0.6 is 0 Å². The zero-order chi connectivity index (χ0) is 14.1. The van der Waals surface area contributed by atoms with Gasteiger partial charge in [0, 0.05) is 12.8 Å². The van der Waals surface area contributed by atoms with E-state index in [0.29, 0.717) is 12.8 Å². The molecular weight excluding hydrogens is 232 g/mol. The summed E-state index contributed by atoms with van der Waals surface area (Å²) in [5, 5.41) is 0. The quantitative estimate of drug-likeness (QED) is 0.495. The van der Waals surface area contributed by atoms with Crippen LogP contribution < -0.4 is 0 Å². The molecule has 1 atom stereocenters. The van der Waals surface area contributed by atoms with Crippen LogP contribution in [0.15, 0.2) is 12.7 Å². The second-order valence-electron chi connectivity index (χ2n) is 5.14. The lowest BCUT2D eigenvalue weighted by Crippen LogP contribution is -2.24. The summed E-state index contributed by atoms with van der Waals surface area (Å²) < 4.78 is 10.2. The lowest BCUT2D eigenvalue weighted by atomic mass is 10.1. The Hall–Kier alpha value is -1.32. The first kappa shape index (κ1) is 16.7. The van der Waals surface area contributed by atoms with Gasteiger partial charge in [-0.25, -0.2) is 0 Å². The van der Waals surface area contributed by atoms with Crippen LogP contribution in [0.25, 0.3) is 0 Å². The van der Waals surface area contributed by atoms with E-state index < -0.39 is 6.10 Å². The molecule has 0 amide bonds. The Morgan fingerprint density at radius 1 is 1.06 bits per heavy atom. The van der Waals surface area contributed by atoms with E-state index >= 15 is 0 Å². The van der Waals surface area contributed by atoms with Gasteiger partial charge in [-0.1, -0.05) is 34.3 Å². The van der Waals surface area contributed by atoms with Gasteiger partial charge in [0.2, 0.25) is 0 Å². The van der Waals surface area contributed by atoms with Crippen molar-refractivity contribution < 1.29 is 19.1 Å². The predicted octanol–water partition coefficient (Wildman–Crippen LogP) is 2.72. The molecule has 1 unspecified atom stereocenters. The highest BCUT2D eigenvalue weighted by Crippen LogP contribution is 2.06. The first-order valence-corrected chi connectivity index (χ1v) is 6.32. The van der Waals surface area contributed by atoms with Crippen molar-refractivity contribution in [1.82, 2.24) is 0 Å². The number of hydrogen-bond acceptors (Lipinski definition) is 4. The Labute approximate surface area is 109 Å². The topological polar surface area (TPSA) is 52.6 Å². The van der Waals surface area contributed by atoms with Gasteiger partial charge in [-0.15, -0.1) is 0 Å². The number of ether oxygens (including phenoxy) is 2. The summed E-state index contributed by atoms with van der Waals surface area (Å²) in [5.41, 5.74) is 0. The molecule has 0 aliphatic heterocycles. The number of hydrogen-bond donors (Lipinski definition) is 0. The molecule has 104 valence electrons. The van der Waals surface area contributed by atoms with Gasteiger partial charge in [-0.3, -0.25) is 9.59 Å². The molecule has 0 saturated carbocycles. The van der Waals surface area contributed by atoms with Gasteiger partial charge >= 0.3 is 11.9 Å². The second kappa shape index (κ2) is 8.72. The van der Waals surface area contributed by atoms with E-state index in [1.54, 1.807) is 0 Å². The molecule has 0 radical (unpaired) electrons. The third-order valence-corrected chi connectivity index (χ3v) is 2.10. The minimum absolute atomic E-state index is 0.0406. The van der Waals surface area contributed by atoms with Crippen molar-refractivity contribution >= 4 is 11.9 Å². The van der Waals surface area contributed by atoms with Crippen LogP contribution in [0, 0.1) is 11.8 Å². The van der Waals surface area contributed by atoms with Crippen molar-refractivity contribution in [2.45, 2.75) is 46.6 Å². The monoisotopic (exact) mass is 256 g/mol. The molecule has 4 heteroatoms. The standard InChI is InChI=1S/C14H24O4/c1-6-12(18-14(16)8-11(4)5)9-17-13(15)7-10(2)3/h6,10-12H,1,7-9H2,2-5H3. The molecule has 0 aromatic rings. The average Bonchev–Trinajstić information content (AvgIpc) is 2.21. The Kier molecular flexibility index (Phi) is 8.08. The summed E-state index contributed by atoms with van der Waals surface area (Å²) in [4.78, 5) is 22.8. The van der Waals surface area contributed by atoms with Gasteiger partial charge in [0.05, 0.1) is 0 Å². The molecule has 0 aliphatic carbocycles. The molecule has 4 nitrogen and oxygen atoms in total. The fourth-order valence-corrected chi connectivity index (χ4v) is 1.27. The fourth-order valence-electron chi connectivity index (χ4n) is 1.27. The molecule has 0 aromatic heterocycles. The normalized spacial score (nSPS) is 12.3. The fraction of sp³-hybridized carbons (Fsp3) is 0.714. The Bertz CT molecular complexity index is 282. The maximum Gasteiger partial charge on any atom is 0.306 e. The molecular formula is C14H24O4. The van der Waals surface area contributed by atoms with Crippen LogP contribution in [-0.4, -0.2) is 24.6 Å². The Morgan fingerprint density at radius 3 is 2.00 bits per heavy atom. The van der Waals surface area contributed by atoms with Crippen LogP contribution in [0.2, 0.25) is 0 Å². The third-order valence-electron chi connectivity index (χ3n) is 2.10. The first-order chi connectivity index (χ1) is 8.35. The number of carbonyl (C=O) groups excluding carboxylic acids is 2. The van der Waals surface area contributed by atoms with E-state index in [1.165, 1.54) is 6.08 Å². The van der Waals surface area contributed by atoms with Gasteiger partial charge in [0.15, 0.2) is 6.10 Å². The molecule has 0 aliphatic rings. The van der Waals surface area contributed by atoms with Crippen molar-refractivity contribution in [3.63, 3.8) is 0 Å². The molecule has 0 spiro atoms. The lowest BCUT2D eigenvalue weighted by Gasteiger charge is -2.15. The Balaban J connectivity index is 4.00. The van der Waals surface area contributed by atoms with Crippen LogP contribution in [0.3, 0.4) is 0 Å². The van der Waals surface area contributed by atoms with E-state index in [9.17, 15) is 9.59 Å². The minimum atomic E-state index is -0.563. The average molecular weight is 256 g/mol. The van der Waals surface area contributed by atoms with Crippen LogP contribution in [-0.2, 0) is 19.1 Å². The van der Waals surface area contributed by atoms with Crippen molar-refractivity contribution in [3.8, 4) is 0 Å². The van der Waals surface area contributed by atoms with Crippen LogP contribution in [0.4, 0.5) is 0 Å². The van der Waals surface area contributed by atoms with Gasteiger partial charge in [-0.05, 0) is 17.9 Å². The smallest absolute Gasteiger partial charge is 0.306 e. The van der Waals surface area contributed by atoms with Gasteiger partial charge in [-0.2, -0.15) is 0 Å². The molecule has 0 bridgehead atoms. The summed E-state index contributed by atoms with van der Waals surface area (Å²) >= 11 is 0. The number of rotatable bonds is 8. The van der Waals surface area contributed by atoms with E-state index in [-0.39, 0.29) is 30.4 Å². The van der Waals surface area contributed by atoms with Crippen molar-refractivity contribution in [2.75, 3.05) is 6.61 Å². The van der Waals surface area contributed by atoms with Crippen molar-refractivity contribution in [2.24, 2.45) is 11.8 Å². The van der Waals surface area contributed by atoms with Crippen molar-refractivity contribution in [3.05, 3.63) is 12.7 Å². The minimum Gasteiger partial charge on any atom is -0.461 e. The van der Waals surface area contributed by atoms with Crippen molar-refractivity contribution in [1.29, 1.82) is 0 Å². The van der Waals surface area contributed by atoms with Crippen LogP contribution in [0.5, 0.6) is 0 Å². The zero-order valence-corrected chi connectivity index (χ0v) is 11.8. The number of esters is 2. The largest absolute Gasteiger partial charge is 0.461 e. The maximum atomic E-state index is 11.4. The molecule has 0 rings (SSSR count). The summed E-state index contributed by atoms with van der Waals surface area (Å²) in [6.45, 7) is 11.4. The zero-order valence-electron chi connectivity index (χ0n) is 11.8. The summed E-state index contributed by atoms with van der Waals surface area (Å²) in [6.07, 6.45) is 1.63.